The summed E-state index contributed by atoms with van der Waals surface area (Å²) in [5, 5.41) is 12.5. The van der Waals surface area contributed by atoms with Gasteiger partial charge in [-0.05, 0) is 45.0 Å². The highest BCUT2D eigenvalue weighted by Crippen LogP contribution is 2.31. The van der Waals surface area contributed by atoms with Crippen LogP contribution in [-0.2, 0) is 10.0 Å². The molecule has 2 aromatic rings. The number of nitrogens with zero attached hydrogens (tertiary/aromatic N) is 3. The zero-order valence-electron chi connectivity index (χ0n) is 15.5. The average molecular weight is 374 g/mol. The molecule has 0 amide bonds. The van der Waals surface area contributed by atoms with Crippen molar-refractivity contribution in [3.63, 3.8) is 0 Å². The van der Waals surface area contributed by atoms with Crippen LogP contribution in [0.3, 0.4) is 0 Å². The van der Waals surface area contributed by atoms with Crippen molar-refractivity contribution in [2.24, 2.45) is 0 Å². The molecule has 1 aromatic carbocycles. The second-order valence-electron chi connectivity index (χ2n) is 5.89. The second kappa shape index (κ2) is 7.72. The van der Waals surface area contributed by atoms with E-state index in [0.717, 1.165) is 10.00 Å². The molecule has 0 unspecified atom stereocenters. The number of nitrogens with one attached hydrogen (secondary N) is 1. The predicted octanol–water partition coefficient (Wildman–Crippen LogP) is 2.96. The molecule has 0 saturated carbocycles. The molecule has 0 saturated heterocycles. The summed E-state index contributed by atoms with van der Waals surface area (Å²) in [6, 6.07) is 8.71. The fraction of sp³-hybridized carbons (Fsp3) is 0.333. The Morgan fingerprint density at radius 3 is 2.54 bits per heavy atom. The second-order valence-corrected chi connectivity index (χ2v) is 8.01. The van der Waals surface area contributed by atoms with E-state index in [0.29, 0.717) is 29.2 Å². The zero-order valence-corrected chi connectivity index (χ0v) is 16.3. The van der Waals surface area contributed by atoms with Crippen LogP contribution in [0, 0.1) is 25.2 Å². The number of anilines is 2. The molecular weight excluding hydrogens is 352 g/mol. The van der Waals surface area contributed by atoms with Gasteiger partial charge in [-0.3, -0.25) is 4.98 Å². The summed E-state index contributed by atoms with van der Waals surface area (Å²) >= 11 is 0. The van der Waals surface area contributed by atoms with Gasteiger partial charge in [0.1, 0.15) is 16.7 Å². The standard InChI is InChI=1S/C18H22N4O3S/c1-6-25-17-8-7-14(10-18(17)26(23,24)22(4)5)21-16-9-12(2)20-13(3)15(16)11-19/h7-10H,6H2,1-5H3,(H,20,21). The van der Waals surface area contributed by atoms with E-state index in [2.05, 4.69) is 16.4 Å². The first-order valence-electron chi connectivity index (χ1n) is 8.05. The van der Waals surface area contributed by atoms with Gasteiger partial charge in [-0.1, -0.05) is 0 Å². The molecule has 8 heteroatoms. The number of hydrogen-bond acceptors (Lipinski definition) is 6. The Kier molecular flexibility index (Phi) is 5.85. The maximum Gasteiger partial charge on any atom is 0.246 e. The molecule has 2 rings (SSSR count). The summed E-state index contributed by atoms with van der Waals surface area (Å²) < 4.78 is 31.8. The van der Waals surface area contributed by atoms with E-state index in [1.807, 2.05) is 6.92 Å². The smallest absolute Gasteiger partial charge is 0.246 e. The van der Waals surface area contributed by atoms with Crippen LogP contribution in [0.1, 0.15) is 23.9 Å². The minimum atomic E-state index is -3.69. The number of rotatable bonds is 6. The van der Waals surface area contributed by atoms with E-state index >= 15 is 0 Å². The fourth-order valence-electron chi connectivity index (χ4n) is 2.48. The van der Waals surface area contributed by atoms with Crippen LogP contribution in [0.4, 0.5) is 11.4 Å². The Morgan fingerprint density at radius 1 is 1.27 bits per heavy atom. The van der Waals surface area contributed by atoms with Gasteiger partial charge in [-0.25, -0.2) is 12.7 Å². The summed E-state index contributed by atoms with van der Waals surface area (Å²) in [6.07, 6.45) is 0. The Morgan fingerprint density at radius 2 is 1.96 bits per heavy atom. The lowest BCUT2D eigenvalue weighted by atomic mass is 10.1. The highest BCUT2D eigenvalue weighted by atomic mass is 32.2. The number of benzene rings is 1. The molecule has 26 heavy (non-hydrogen) atoms. The van der Waals surface area contributed by atoms with Crippen molar-refractivity contribution in [2.45, 2.75) is 25.7 Å². The molecule has 1 aromatic heterocycles. The molecule has 0 bridgehead atoms. The molecule has 0 aliphatic rings. The van der Waals surface area contributed by atoms with Gasteiger partial charge < -0.3 is 10.1 Å². The Hall–Kier alpha value is -2.63. The minimum Gasteiger partial charge on any atom is -0.492 e. The SMILES string of the molecule is CCOc1ccc(Nc2cc(C)nc(C)c2C#N)cc1S(=O)(=O)N(C)C. The van der Waals surface area contributed by atoms with Crippen molar-refractivity contribution < 1.29 is 13.2 Å². The van der Waals surface area contributed by atoms with Crippen LogP contribution in [0.5, 0.6) is 5.75 Å². The van der Waals surface area contributed by atoms with Crippen LogP contribution in [0.15, 0.2) is 29.2 Å². The van der Waals surface area contributed by atoms with E-state index < -0.39 is 10.0 Å². The van der Waals surface area contributed by atoms with Gasteiger partial charge in [-0.15, -0.1) is 0 Å². The molecule has 1 N–H and O–H groups in total. The summed E-state index contributed by atoms with van der Waals surface area (Å²) in [4.78, 5) is 4.35. The lowest BCUT2D eigenvalue weighted by Crippen LogP contribution is -2.23. The van der Waals surface area contributed by atoms with Crippen LogP contribution < -0.4 is 10.1 Å². The number of ether oxygens (including phenoxy) is 1. The number of nitriles is 1. The van der Waals surface area contributed by atoms with Crippen LogP contribution >= 0.6 is 0 Å². The van der Waals surface area contributed by atoms with E-state index in [1.165, 1.54) is 20.2 Å². The van der Waals surface area contributed by atoms with Crippen molar-refractivity contribution in [3.05, 3.63) is 41.2 Å². The minimum absolute atomic E-state index is 0.0651. The molecule has 0 spiro atoms. The number of aryl methyl sites for hydroxylation is 2. The average Bonchev–Trinajstić information content (AvgIpc) is 2.56. The Bertz CT molecular complexity index is 963. The highest BCUT2D eigenvalue weighted by molar-refractivity contribution is 7.89. The van der Waals surface area contributed by atoms with E-state index in [1.54, 1.807) is 32.0 Å². The van der Waals surface area contributed by atoms with Gasteiger partial charge >= 0.3 is 0 Å². The zero-order chi connectivity index (χ0) is 19.5. The first-order chi connectivity index (χ1) is 12.2. The van der Waals surface area contributed by atoms with Crippen molar-refractivity contribution in [1.29, 1.82) is 5.26 Å². The van der Waals surface area contributed by atoms with Gasteiger partial charge in [0.05, 0.1) is 23.6 Å². The monoisotopic (exact) mass is 374 g/mol. The van der Waals surface area contributed by atoms with Gasteiger partial charge in [0.25, 0.3) is 0 Å². The Balaban J connectivity index is 2.55. The first kappa shape index (κ1) is 19.7. The maximum absolute atomic E-state index is 12.6. The predicted molar refractivity (Wildman–Crippen MR) is 100 cm³/mol. The summed E-state index contributed by atoms with van der Waals surface area (Å²) in [7, 11) is -0.752. The topological polar surface area (TPSA) is 95.3 Å². The first-order valence-corrected chi connectivity index (χ1v) is 9.49. The number of aromatic nitrogens is 1. The maximum atomic E-state index is 12.6. The van der Waals surface area contributed by atoms with Crippen molar-refractivity contribution in [3.8, 4) is 11.8 Å². The lowest BCUT2D eigenvalue weighted by Gasteiger charge is -2.17. The molecule has 0 aliphatic heterocycles. The Labute approximate surface area is 154 Å². The number of pyridine rings is 1. The molecule has 0 fully saturated rings. The van der Waals surface area contributed by atoms with Gasteiger partial charge in [0, 0.05) is 25.5 Å². The molecule has 0 atom stereocenters. The quantitative estimate of drug-likeness (QED) is 0.835. The summed E-state index contributed by atoms with van der Waals surface area (Å²) in [5.41, 5.74) is 2.91. The van der Waals surface area contributed by atoms with Crippen molar-refractivity contribution in [2.75, 3.05) is 26.0 Å². The van der Waals surface area contributed by atoms with Crippen LogP contribution in [0.25, 0.3) is 0 Å². The normalized spacial score (nSPS) is 11.3. The molecule has 138 valence electrons. The lowest BCUT2D eigenvalue weighted by molar-refractivity contribution is 0.330. The van der Waals surface area contributed by atoms with Crippen molar-refractivity contribution in [1.82, 2.24) is 9.29 Å². The fourth-order valence-corrected chi connectivity index (χ4v) is 3.53. The summed E-state index contributed by atoms with van der Waals surface area (Å²) in [5.74, 6) is 0.286. The summed E-state index contributed by atoms with van der Waals surface area (Å²) in [6.45, 7) is 5.74. The third-order valence-corrected chi connectivity index (χ3v) is 5.56. The number of hydrogen-bond donors (Lipinski definition) is 1. The van der Waals surface area contributed by atoms with Gasteiger partial charge in [0.2, 0.25) is 10.0 Å². The molecular formula is C18H22N4O3S. The van der Waals surface area contributed by atoms with E-state index in [-0.39, 0.29) is 10.6 Å². The largest absolute Gasteiger partial charge is 0.492 e. The van der Waals surface area contributed by atoms with Gasteiger partial charge in [-0.2, -0.15) is 5.26 Å². The number of sulfonamides is 1. The van der Waals surface area contributed by atoms with Crippen LogP contribution in [-0.4, -0.2) is 38.4 Å². The van der Waals surface area contributed by atoms with E-state index in [9.17, 15) is 13.7 Å². The van der Waals surface area contributed by atoms with E-state index in [4.69, 9.17) is 4.74 Å². The van der Waals surface area contributed by atoms with Crippen molar-refractivity contribution >= 4 is 21.4 Å². The molecule has 1 heterocycles. The molecule has 0 radical (unpaired) electrons. The highest BCUT2D eigenvalue weighted by Gasteiger charge is 2.23. The van der Waals surface area contributed by atoms with Gasteiger partial charge in [0.15, 0.2) is 0 Å². The third kappa shape index (κ3) is 3.95. The molecule has 0 aliphatic carbocycles. The third-order valence-electron chi connectivity index (χ3n) is 3.72. The van der Waals surface area contributed by atoms with Crippen LogP contribution in [0.2, 0.25) is 0 Å². The molecule has 7 nitrogen and oxygen atoms in total.